The maximum Gasteiger partial charge on any atom is 0.417 e. The number of phenols is 1. The van der Waals surface area contributed by atoms with Crippen molar-refractivity contribution in [2.75, 3.05) is 10.3 Å². The first-order valence-corrected chi connectivity index (χ1v) is 18.6. The lowest BCUT2D eigenvalue weighted by Gasteiger charge is -2.50. The number of pyridine rings is 1. The molecule has 286 valence electrons. The van der Waals surface area contributed by atoms with Crippen LogP contribution in [-0.2, 0) is 30.8 Å². The van der Waals surface area contributed by atoms with Crippen LogP contribution < -0.4 is 10.3 Å². The molecule has 9 nitrogen and oxygen atoms in total. The van der Waals surface area contributed by atoms with Crippen LogP contribution in [0.2, 0.25) is 10.0 Å². The minimum Gasteiger partial charge on any atom is -0.507 e. The van der Waals surface area contributed by atoms with Crippen LogP contribution in [-0.4, -0.2) is 38.7 Å². The van der Waals surface area contributed by atoms with Crippen molar-refractivity contribution in [3.05, 3.63) is 135 Å². The van der Waals surface area contributed by atoms with E-state index in [9.17, 15) is 32.7 Å². The number of imide groups is 2. The van der Waals surface area contributed by atoms with Crippen molar-refractivity contribution in [1.29, 1.82) is 0 Å². The number of aromatic nitrogens is 1. The first-order valence-electron chi connectivity index (χ1n) is 17.8. The van der Waals surface area contributed by atoms with Crippen molar-refractivity contribution < 1.29 is 37.5 Å². The third kappa shape index (κ3) is 5.55. The fourth-order valence-electron chi connectivity index (χ4n) is 9.33. The molecular weight excluding hydrogens is 768 g/mol. The summed E-state index contributed by atoms with van der Waals surface area (Å²) >= 11 is 12.6. The van der Waals surface area contributed by atoms with E-state index in [-0.39, 0.29) is 30.3 Å². The van der Waals surface area contributed by atoms with Crippen LogP contribution in [0.4, 0.5) is 24.7 Å². The number of alkyl halides is 3. The van der Waals surface area contributed by atoms with E-state index in [1.807, 2.05) is 6.08 Å². The fraction of sp³-hybridized carbons (Fsp3) is 0.262. The van der Waals surface area contributed by atoms with Crippen LogP contribution in [0.3, 0.4) is 0 Å². The van der Waals surface area contributed by atoms with E-state index >= 15 is 4.79 Å². The van der Waals surface area contributed by atoms with E-state index in [0.29, 0.717) is 50.8 Å². The number of hydrazine groups is 1. The Hall–Kier alpha value is -5.46. The molecular formula is C42H33Cl2F3N4O5. The van der Waals surface area contributed by atoms with E-state index in [0.717, 1.165) is 10.6 Å². The lowest BCUT2D eigenvalue weighted by molar-refractivity contribution is -0.139. The topological polar surface area (TPSA) is 120 Å². The second-order valence-corrected chi connectivity index (χ2v) is 15.6. The quantitative estimate of drug-likeness (QED) is 0.148. The van der Waals surface area contributed by atoms with E-state index in [1.54, 1.807) is 80.6 Å². The van der Waals surface area contributed by atoms with Crippen molar-refractivity contribution in [1.82, 2.24) is 9.99 Å². The Morgan fingerprint density at radius 1 is 0.929 bits per heavy atom. The number of nitrogens with zero attached hydrogens (tertiary/aromatic N) is 3. The van der Waals surface area contributed by atoms with Crippen LogP contribution in [0.1, 0.15) is 52.1 Å². The maximum absolute atomic E-state index is 15.4. The Balaban J connectivity index is 1.31. The number of fused-ring (bicyclic) bond motifs is 4. The second kappa shape index (κ2) is 13.3. The molecule has 2 saturated heterocycles. The maximum atomic E-state index is 15.4. The van der Waals surface area contributed by atoms with Gasteiger partial charge in [0.1, 0.15) is 5.75 Å². The predicted molar refractivity (Wildman–Crippen MR) is 203 cm³/mol. The monoisotopic (exact) mass is 800 g/mol. The highest BCUT2D eigenvalue weighted by molar-refractivity contribution is 6.33. The first-order chi connectivity index (χ1) is 26.6. The summed E-state index contributed by atoms with van der Waals surface area (Å²) in [5.74, 6) is -6.95. The summed E-state index contributed by atoms with van der Waals surface area (Å²) in [4.78, 5) is 63.9. The van der Waals surface area contributed by atoms with Crippen molar-refractivity contribution in [2.24, 2.45) is 23.7 Å². The summed E-state index contributed by atoms with van der Waals surface area (Å²) in [6, 6.07) is 17.5. The Bertz CT molecular complexity index is 2380. The average molecular weight is 802 g/mol. The summed E-state index contributed by atoms with van der Waals surface area (Å²) in [7, 11) is 0. The minimum absolute atomic E-state index is 0.0264. The Kier molecular flexibility index (Phi) is 8.92. The summed E-state index contributed by atoms with van der Waals surface area (Å²) in [5.41, 5.74) is 3.71. The number of hydrogen-bond acceptors (Lipinski definition) is 7. The van der Waals surface area contributed by atoms with E-state index in [4.69, 9.17) is 23.2 Å². The van der Waals surface area contributed by atoms with Gasteiger partial charge in [-0.25, -0.2) is 4.98 Å². The van der Waals surface area contributed by atoms with Crippen molar-refractivity contribution >= 4 is 64.4 Å². The van der Waals surface area contributed by atoms with Gasteiger partial charge in [-0.15, -0.1) is 0 Å². The van der Waals surface area contributed by atoms with Gasteiger partial charge in [-0.05, 0) is 90.8 Å². The van der Waals surface area contributed by atoms with E-state index in [2.05, 4.69) is 17.0 Å². The van der Waals surface area contributed by atoms with Gasteiger partial charge in [-0.1, -0.05) is 83.9 Å². The lowest BCUT2D eigenvalue weighted by atomic mass is 9.49. The number of anilines is 2. The molecule has 1 aromatic heterocycles. The molecule has 8 rings (SSSR count). The number of aromatic hydroxyl groups is 1. The lowest BCUT2D eigenvalue weighted by Crippen LogP contribution is -2.53. The number of halogens is 5. The zero-order chi connectivity index (χ0) is 40.0. The molecule has 4 aromatic rings. The van der Waals surface area contributed by atoms with Crippen LogP contribution >= 0.6 is 23.2 Å². The van der Waals surface area contributed by atoms with E-state index < -0.39 is 69.5 Å². The van der Waals surface area contributed by atoms with Gasteiger partial charge in [-0.2, -0.15) is 18.2 Å². The molecule has 6 atom stereocenters. The highest BCUT2D eigenvalue weighted by Gasteiger charge is 2.70. The van der Waals surface area contributed by atoms with Gasteiger partial charge in [0.15, 0.2) is 5.82 Å². The molecule has 4 amide bonds. The highest BCUT2D eigenvalue weighted by Crippen LogP contribution is 2.64. The SMILES string of the molecule is C=Cc1ccc(N2C(=O)C3CC=C4C(CC5C(=O)N(Nc6ncc(C(F)(F)F)cc6Cl)C(=O)C5(c5ccc(Cl)cc5)C4c4cc(C)c(O)c(C)c4)C3C2=O)cc1. The highest BCUT2D eigenvalue weighted by atomic mass is 35.5. The van der Waals surface area contributed by atoms with Gasteiger partial charge in [0.2, 0.25) is 11.8 Å². The molecule has 0 bridgehead atoms. The van der Waals surface area contributed by atoms with Crippen LogP contribution in [0, 0.1) is 37.5 Å². The zero-order valence-corrected chi connectivity index (χ0v) is 31.4. The third-order valence-electron chi connectivity index (χ3n) is 11.8. The van der Waals surface area contributed by atoms with Gasteiger partial charge >= 0.3 is 6.18 Å². The number of rotatable bonds is 6. The summed E-state index contributed by atoms with van der Waals surface area (Å²) in [6.07, 6.45) is -0.493. The van der Waals surface area contributed by atoms with Crippen molar-refractivity contribution in [3.63, 3.8) is 0 Å². The average Bonchev–Trinajstić information content (AvgIpc) is 3.54. The number of carbonyl (C=O) groups is 4. The molecule has 4 aliphatic rings. The molecule has 1 saturated carbocycles. The molecule has 3 fully saturated rings. The zero-order valence-electron chi connectivity index (χ0n) is 29.9. The van der Waals surface area contributed by atoms with Gasteiger partial charge in [0, 0.05) is 17.1 Å². The molecule has 2 aliphatic carbocycles. The molecule has 2 aliphatic heterocycles. The molecule has 0 spiro atoms. The number of benzene rings is 3. The Morgan fingerprint density at radius 2 is 1.59 bits per heavy atom. The number of amides is 4. The molecule has 3 heterocycles. The smallest absolute Gasteiger partial charge is 0.417 e. The number of allylic oxidation sites excluding steroid dienone is 2. The van der Waals surface area contributed by atoms with Gasteiger partial charge in [0.05, 0.1) is 39.4 Å². The molecule has 56 heavy (non-hydrogen) atoms. The largest absolute Gasteiger partial charge is 0.507 e. The molecule has 0 radical (unpaired) electrons. The van der Waals surface area contributed by atoms with Crippen molar-refractivity contribution in [2.45, 2.75) is 44.2 Å². The van der Waals surface area contributed by atoms with Gasteiger partial charge < -0.3 is 5.11 Å². The normalized spacial score (nSPS) is 25.8. The number of aryl methyl sites for hydroxylation is 2. The first kappa shape index (κ1) is 37.5. The van der Waals surface area contributed by atoms with Crippen molar-refractivity contribution in [3.8, 4) is 5.75 Å². The number of nitrogens with one attached hydrogen (secondary N) is 1. The second-order valence-electron chi connectivity index (χ2n) is 14.7. The molecule has 3 aromatic carbocycles. The third-order valence-corrected chi connectivity index (χ3v) is 12.3. The molecule has 14 heteroatoms. The van der Waals surface area contributed by atoms with Gasteiger partial charge in [0.25, 0.3) is 11.8 Å². The minimum atomic E-state index is -4.75. The molecule has 6 unspecified atom stereocenters. The predicted octanol–water partition coefficient (Wildman–Crippen LogP) is 8.56. The fourth-order valence-corrected chi connectivity index (χ4v) is 9.66. The summed E-state index contributed by atoms with van der Waals surface area (Å²) in [5, 5.41) is 11.5. The van der Waals surface area contributed by atoms with E-state index in [1.165, 1.54) is 4.90 Å². The standard InChI is InChI=1S/C42H33Cl2F3N4O5/c1-4-22-5-11-27(12-6-22)50-37(53)29-14-13-28-30(33(29)39(50)55)18-31-38(54)51(49-36-32(44)17-25(19-48-36)42(45,46)47)40(56)41(31,24-7-9-26(43)10-8-24)34(28)23-15-20(2)35(52)21(3)16-23/h4-13,15-17,19,29-31,33-34,52H,1,14,18H2,2-3H3,(H,48,49). The number of phenolic OH excluding ortho intramolecular Hbond substituents is 1. The summed E-state index contributed by atoms with van der Waals surface area (Å²) < 4.78 is 40.5. The summed E-state index contributed by atoms with van der Waals surface area (Å²) in [6.45, 7) is 7.20. The van der Waals surface area contributed by atoms with Gasteiger partial charge in [-0.3, -0.25) is 29.5 Å². The molecule has 2 N–H and O–H groups in total. The van der Waals surface area contributed by atoms with Crippen LogP contribution in [0.25, 0.3) is 6.08 Å². The Morgan fingerprint density at radius 3 is 2.20 bits per heavy atom. The van der Waals surface area contributed by atoms with Crippen LogP contribution in [0.15, 0.2) is 91.2 Å². The van der Waals surface area contributed by atoms with Crippen LogP contribution in [0.5, 0.6) is 5.75 Å². The Labute approximate surface area is 329 Å². The number of hydrogen-bond donors (Lipinski definition) is 2. The number of carbonyl (C=O) groups excluding carboxylic acids is 4.